The van der Waals surface area contributed by atoms with Crippen molar-refractivity contribution in [2.75, 3.05) is 25.4 Å². The number of alkyl halides is 3. The highest BCUT2D eigenvalue weighted by molar-refractivity contribution is 8.00. The van der Waals surface area contributed by atoms with E-state index in [1.165, 1.54) is 4.31 Å². The number of halogens is 3. The standard InChI is InChI=1S/C9H18F3N3O2S2/c10-9(11,12)18-6-4-14-19(16,17)15-5-2-1-3-8(15)7-13/h8,14H,1-7,13H2. The summed E-state index contributed by atoms with van der Waals surface area (Å²) in [5.74, 6) is -0.343. The lowest BCUT2D eigenvalue weighted by Crippen LogP contribution is -2.52. The van der Waals surface area contributed by atoms with E-state index in [0.717, 1.165) is 12.8 Å². The van der Waals surface area contributed by atoms with Crippen LogP contribution in [0.1, 0.15) is 19.3 Å². The normalized spacial score (nSPS) is 22.6. The fourth-order valence-corrected chi connectivity index (χ4v) is 3.99. The van der Waals surface area contributed by atoms with Crippen molar-refractivity contribution in [1.82, 2.24) is 9.03 Å². The fraction of sp³-hybridized carbons (Fsp3) is 1.00. The summed E-state index contributed by atoms with van der Waals surface area (Å²) in [6.07, 6.45) is 2.35. The lowest BCUT2D eigenvalue weighted by Gasteiger charge is -2.33. The van der Waals surface area contributed by atoms with Crippen LogP contribution in [0.15, 0.2) is 0 Å². The third-order valence-corrected chi connectivity index (χ3v) is 5.21. The molecular weight excluding hydrogens is 303 g/mol. The Hall–Kier alpha value is -0.0300. The Morgan fingerprint density at radius 1 is 1.37 bits per heavy atom. The number of hydrogen-bond acceptors (Lipinski definition) is 4. The molecule has 0 spiro atoms. The minimum atomic E-state index is -4.34. The first kappa shape index (κ1) is 17.0. The number of thioether (sulfide) groups is 1. The quantitative estimate of drug-likeness (QED) is 0.712. The monoisotopic (exact) mass is 321 g/mol. The molecule has 0 bridgehead atoms. The second-order valence-corrected chi connectivity index (χ2v) is 7.06. The number of nitrogens with two attached hydrogens (primary N) is 1. The SMILES string of the molecule is NCC1CCCCN1S(=O)(=O)NCCSC(F)(F)F. The molecule has 3 N–H and O–H groups in total. The van der Waals surface area contributed by atoms with Gasteiger partial charge < -0.3 is 5.73 Å². The smallest absolute Gasteiger partial charge is 0.329 e. The van der Waals surface area contributed by atoms with Gasteiger partial charge >= 0.3 is 5.51 Å². The molecule has 19 heavy (non-hydrogen) atoms. The van der Waals surface area contributed by atoms with Crippen molar-refractivity contribution in [3.63, 3.8) is 0 Å². The number of hydrogen-bond donors (Lipinski definition) is 2. The molecule has 1 rings (SSSR count). The minimum absolute atomic E-state index is 0.220. The van der Waals surface area contributed by atoms with Gasteiger partial charge in [0.25, 0.3) is 10.2 Å². The fourth-order valence-electron chi connectivity index (χ4n) is 1.95. The van der Waals surface area contributed by atoms with E-state index in [1.54, 1.807) is 0 Å². The van der Waals surface area contributed by atoms with Crippen LogP contribution in [0.3, 0.4) is 0 Å². The number of rotatable bonds is 6. The van der Waals surface area contributed by atoms with Crippen LogP contribution >= 0.6 is 11.8 Å². The molecule has 1 aliphatic rings. The van der Waals surface area contributed by atoms with Crippen molar-refractivity contribution in [3.8, 4) is 0 Å². The van der Waals surface area contributed by atoms with Crippen molar-refractivity contribution in [2.45, 2.75) is 30.8 Å². The van der Waals surface area contributed by atoms with E-state index < -0.39 is 15.7 Å². The van der Waals surface area contributed by atoms with Crippen LogP contribution in [0.25, 0.3) is 0 Å². The van der Waals surface area contributed by atoms with Gasteiger partial charge in [0, 0.05) is 31.4 Å². The van der Waals surface area contributed by atoms with Gasteiger partial charge in [0.05, 0.1) is 0 Å². The Balaban J connectivity index is 2.46. The first-order valence-electron chi connectivity index (χ1n) is 5.93. The summed E-state index contributed by atoms with van der Waals surface area (Å²) in [6.45, 7) is 0.335. The van der Waals surface area contributed by atoms with Gasteiger partial charge in [0.2, 0.25) is 0 Å². The highest BCUT2D eigenvalue weighted by atomic mass is 32.2. The molecule has 0 aromatic heterocycles. The zero-order chi connectivity index (χ0) is 14.5. The van der Waals surface area contributed by atoms with Gasteiger partial charge in [-0.3, -0.25) is 0 Å². The molecule has 1 heterocycles. The number of nitrogens with zero attached hydrogens (tertiary/aromatic N) is 1. The zero-order valence-electron chi connectivity index (χ0n) is 10.3. The lowest BCUT2D eigenvalue weighted by atomic mass is 10.1. The van der Waals surface area contributed by atoms with E-state index in [4.69, 9.17) is 5.73 Å². The van der Waals surface area contributed by atoms with Gasteiger partial charge in [0.15, 0.2) is 0 Å². The Morgan fingerprint density at radius 2 is 2.05 bits per heavy atom. The van der Waals surface area contributed by atoms with E-state index in [9.17, 15) is 21.6 Å². The average molecular weight is 321 g/mol. The highest BCUT2D eigenvalue weighted by Crippen LogP contribution is 2.29. The molecule has 1 atom stereocenters. The Bertz CT molecular complexity index is 375. The molecule has 0 aromatic carbocycles. The van der Waals surface area contributed by atoms with Gasteiger partial charge in [-0.1, -0.05) is 6.42 Å². The van der Waals surface area contributed by atoms with Gasteiger partial charge in [0.1, 0.15) is 0 Å². The summed E-state index contributed by atoms with van der Waals surface area (Å²) >= 11 is -0.243. The molecule has 0 saturated carbocycles. The summed E-state index contributed by atoms with van der Waals surface area (Å²) < 4.78 is 63.1. The maximum Gasteiger partial charge on any atom is 0.441 e. The third-order valence-electron chi connectivity index (χ3n) is 2.81. The molecule has 1 fully saturated rings. The van der Waals surface area contributed by atoms with Crippen molar-refractivity contribution in [3.05, 3.63) is 0 Å². The first-order valence-corrected chi connectivity index (χ1v) is 8.36. The Labute approximate surface area is 115 Å². The molecule has 0 aromatic rings. The molecule has 5 nitrogen and oxygen atoms in total. The van der Waals surface area contributed by atoms with Crippen molar-refractivity contribution in [1.29, 1.82) is 0 Å². The van der Waals surface area contributed by atoms with Crippen LogP contribution in [0.5, 0.6) is 0 Å². The zero-order valence-corrected chi connectivity index (χ0v) is 12.0. The van der Waals surface area contributed by atoms with Crippen molar-refractivity contribution in [2.24, 2.45) is 5.73 Å². The molecule has 0 aliphatic carbocycles. The van der Waals surface area contributed by atoms with Crippen molar-refractivity contribution < 1.29 is 21.6 Å². The summed E-state index contributed by atoms with van der Waals surface area (Å²) in [6, 6.07) is -0.262. The summed E-state index contributed by atoms with van der Waals surface area (Å²) in [5, 5.41) is 0. The average Bonchev–Trinajstić information content (AvgIpc) is 2.33. The molecule has 1 aliphatic heterocycles. The first-order chi connectivity index (χ1) is 8.76. The summed E-state index contributed by atoms with van der Waals surface area (Å²) in [4.78, 5) is 0. The Morgan fingerprint density at radius 3 is 2.63 bits per heavy atom. The second-order valence-electron chi connectivity index (χ2n) is 4.19. The van der Waals surface area contributed by atoms with Crippen LogP contribution in [0.2, 0.25) is 0 Å². The largest absolute Gasteiger partial charge is 0.441 e. The maximum absolute atomic E-state index is 11.9. The van der Waals surface area contributed by atoms with E-state index in [0.29, 0.717) is 13.0 Å². The molecule has 1 saturated heterocycles. The van der Waals surface area contributed by atoms with Gasteiger partial charge in [-0.15, -0.1) is 0 Å². The molecule has 114 valence electrons. The Kier molecular flexibility index (Phi) is 6.37. The predicted octanol–water partition coefficient (Wildman–Crippen LogP) is 0.887. The molecule has 1 unspecified atom stereocenters. The molecule has 0 amide bonds. The second kappa shape index (κ2) is 7.11. The van der Waals surface area contributed by atoms with E-state index in [2.05, 4.69) is 4.72 Å². The number of piperidine rings is 1. The molecular formula is C9H18F3N3O2S2. The predicted molar refractivity (Wildman–Crippen MR) is 68.8 cm³/mol. The van der Waals surface area contributed by atoms with Crippen molar-refractivity contribution >= 4 is 22.0 Å². The lowest BCUT2D eigenvalue weighted by molar-refractivity contribution is -0.0327. The number of nitrogens with one attached hydrogen (secondary N) is 1. The minimum Gasteiger partial charge on any atom is -0.329 e. The van der Waals surface area contributed by atoms with Crippen LogP contribution < -0.4 is 10.5 Å². The third kappa shape index (κ3) is 5.86. The van der Waals surface area contributed by atoms with E-state index in [1.807, 2.05) is 0 Å². The van der Waals surface area contributed by atoms with Crippen LogP contribution in [-0.2, 0) is 10.2 Å². The molecule has 10 heteroatoms. The van der Waals surface area contributed by atoms with Gasteiger partial charge in [-0.25, -0.2) is 4.72 Å². The summed E-state index contributed by atoms with van der Waals surface area (Å²) in [5.41, 5.74) is 1.18. The van der Waals surface area contributed by atoms with E-state index >= 15 is 0 Å². The van der Waals surface area contributed by atoms with Gasteiger partial charge in [-0.05, 0) is 24.6 Å². The maximum atomic E-state index is 11.9. The van der Waals surface area contributed by atoms with E-state index in [-0.39, 0.29) is 36.6 Å². The van der Waals surface area contributed by atoms with Crippen LogP contribution in [-0.4, -0.2) is 49.7 Å². The topological polar surface area (TPSA) is 75.4 Å². The summed E-state index contributed by atoms with van der Waals surface area (Å²) in [7, 11) is -3.74. The molecule has 0 radical (unpaired) electrons. The van der Waals surface area contributed by atoms with Crippen LogP contribution in [0.4, 0.5) is 13.2 Å². The highest BCUT2D eigenvalue weighted by Gasteiger charge is 2.32. The van der Waals surface area contributed by atoms with Crippen LogP contribution in [0, 0.1) is 0 Å². The van der Waals surface area contributed by atoms with Gasteiger partial charge in [-0.2, -0.15) is 25.9 Å².